The average Bonchev–Trinajstić information content (AvgIpc) is 3.01. The van der Waals surface area contributed by atoms with Crippen molar-refractivity contribution in [3.63, 3.8) is 0 Å². The maximum atomic E-state index is 4.37. The topological polar surface area (TPSA) is 39.7 Å². The lowest BCUT2D eigenvalue weighted by Gasteiger charge is -2.27. The third-order valence-corrected chi connectivity index (χ3v) is 5.10. The summed E-state index contributed by atoms with van der Waals surface area (Å²) in [5.41, 5.74) is 0. The predicted octanol–water partition coefficient (Wildman–Crippen LogP) is 2.85. The van der Waals surface area contributed by atoms with Crippen LogP contribution in [0.15, 0.2) is 22.5 Å². The first-order chi connectivity index (χ1) is 10.2. The lowest BCUT2D eigenvalue weighted by atomic mass is 9.96. The van der Waals surface area contributed by atoms with E-state index >= 15 is 0 Å². The molecule has 2 rings (SSSR count). The summed E-state index contributed by atoms with van der Waals surface area (Å²) in [7, 11) is 6.11. The van der Waals surface area contributed by atoms with Gasteiger partial charge in [-0.1, -0.05) is 25.3 Å². The van der Waals surface area contributed by atoms with Crippen LogP contribution in [-0.2, 0) is 0 Å². The molecular formula is C16H28N4S. The monoisotopic (exact) mass is 308 g/mol. The summed E-state index contributed by atoms with van der Waals surface area (Å²) in [5, 5.41) is 9.20. The summed E-state index contributed by atoms with van der Waals surface area (Å²) in [4.78, 5) is 8.02. The van der Waals surface area contributed by atoms with E-state index in [2.05, 4.69) is 52.1 Å². The molecule has 5 heteroatoms. The zero-order valence-corrected chi connectivity index (χ0v) is 14.2. The van der Waals surface area contributed by atoms with Gasteiger partial charge >= 0.3 is 0 Å². The van der Waals surface area contributed by atoms with Crippen LogP contribution in [-0.4, -0.2) is 44.6 Å². The molecule has 0 aliphatic heterocycles. The first-order valence-electron chi connectivity index (χ1n) is 7.87. The van der Waals surface area contributed by atoms with E-state index in [1.165, 1.54) is 37.0 Å². The molecule has 1 atom stereocenters. The summed E-state index contributed by atoms with van der Waals surface area (Å²) < 4.78 is 0. The average molecular weight is 308 g/mol. The van der Waals surface area contributed by atoms with Gasteiger partial charge < -0.3 is 15.5 Å². The van der Waals surface area contributed by atoms with E-state index in [9.17, 15) is 0 Å². The Morgan fingerprint density at radius 1 is 1.38 bits per heavy atom. The van der Waals surface area contributed by atoms with Gasteiger partial charge in [-0.3, -0.25) is 4.99 Å². The number of guanidine groups is 1. The number of nitrogens with zero attached hydrogens (tertiary/aromatic N) is 2. The molecule has 0 spiro atoms. The van der Waals surface area contributed by atoms with Crippen LogP contribution in [0.25, 0.3) is 0 Å². The second-order valence-electron chi connectivity index (χ2n) is 5.93. The summed E-state index contributed by atoms with van der Waals surface area (Å²) in [6.45, 7) is 0.875. The molecule has 118 valence electrons. The lowest BCUT2D eigenvalue weighted by molar-refractivity contribution is 0.301. The van der Waals surface area contributed by atoms with Crippen LogP contribution >= 0.6 is 11.3 Å². The van der Waals surface area contributed by atoms with Crippen LogP contribution < -0.4 is 10.6 Å². The van der Waals surface area contributed by atoms with E-state index in [-0.39, 0.29) is 0 Å². The normalized spacial score (nSPS) is 18.8. The molecule has 0 amide bonds. The molecule has 1 aromatic rings. The fraction of sp³-hybridized carbons (Fsp3) is 0.688. The van der Waals surface area contributed by atoms with Gasteiger partial charge in [0.05, 0.1) is 6.04 Å². The molecule has 1 saturated carbocycles. The maximum Gasteiger partial charge on any atom is 0.191 e. The standard InChI is InChI=1S/C16H28N4S/c1-17-16(19-13-8-5-4-6-9-13)18-12-14(20(2)3)15-10-7-11-21-15/h7,10-11,13-14H,4-6,8-9,12H2,1-3H3,(H2,17,18,19). The summed E-state index contributed by atoms with van der Waals surface area (Å²) in [6, 6.07) is 5.29. The minimum atomic E-state index is 0.384. The summed E-state index contributed by atoms with van der Waals surface area (Å²) >= 11 is 1.81. The highest BCUT2D eigenvalue weighted by Crippen LogP contribution is 2.22. The molecule has 4 nitrogen and oxygen atoms in total. The van der Waals surface area contributed by atoms with Crippen molar-refractivity contribution in [3.8, 4) is 0 Å². The van der Waals surface area contributed by atoms with Gasteiger partial charge in [-0.25, -0.2) is 0 Å². The third kappa shape index (κ3) is 5.00. The first-order valence-corrected chi connectivity index (χ1v) is 8.75. The molecule has 1 unspecified atom stereocenters. The number of hydrogen-bond acceptors (Lipinski definition) is 3. The molecule has 1 heterocycles. The number of thiophene rings is 1. The van der Waals surface area contributed by atoms with E-state index in [1.54, 1.807) is 0 Å². The van der Waals surface area contributed by atoms with Gasteiger partial charge in [-0.15, -0.1) is 11.3 Å². The first kappa shape index (κ1) is 16.3. The van der Waals surface area contributed by atoms with Gasteiger partial charge in [-0.05, 0) is 38.4 Å². The maximum absolute atomic E-state index is 4.37. The smallest absolute Gasteiger partial charge is 0.191 e. The van der Waals surface area contributed by atoms with Gasteiger partial charge in [0.1, 0.15) is 0 Å². The highest BCUT2D eigenvalue weighted by atomic mass is 32.1. The molecule has 2 N–H and O–H groups in total. The van der Waals surface area contributed by atoms with E-state index in [1.807, 2.05) is 18.4 Å². The highest BCUT2D eigenvalue weighted by Gasteiger charge is 2.17. The van der Waals surface area contributed by atoms with Crippen LogP contribution in [0.5, 0.6) is 0 Å². The Labute approximate surface area is 132 Å². The number of aliphatic imine (C=N–C) groups is 1. The third-order valence-electron chi connectivity index (χ3n) is 4.13. The molecule has 1 aliphatic rings. The van der Waals surface area contributed by atoms with Gasteiger partial charge in [-0.2, -0.15) is 0 Å². The number of hydrogen-bond donors (Lipinski definition) is 2. The Morgan fingerprint density at radius 3 is 2.71 bits per heavy atom. The van der Waals surface area contributed by atoms with E-state index < -0.39 is 0 Å². The van der Waals surface area contributed by atoms with Crippen LogP contribution in [0.2, 0.25) is 0 Å². The highest BCUT2D eigenvalue weighted by molar-refractivity contribution is 7.10. The zero-order chi connectivity index (χ0) is 15.1. The predicted molar refractivity (Wildman–Crippen MR) is 92.1 cm³/mol. The van der Waals surface area contributed by atoms with Crippen LogP contribution in [0.4, 0.5) is 0 Å². The molecule has 0 radical (unpaired) electrons. The van der Waals surface area contributed by atoms with Crippen molar-refractivity contribution in [1.82, 2.24) is 15.5 Å². The Morgan fingerprint density at radius 2 is 2.14 bits per heavy atom. The Bertz CT molecular complexity index is 421. The fourth-order valence-electron chi connectivity index (χ4n) is 2.85. The van der Waals surface area contributed by atoms with Gasteiger partial charge in [0, 0.05) is 24.5 Å². The van der Waals surface area contributed by atoms with Crippen LogP contribution in [0.3, 0.4) is 0 Å². The Balaban J connectivity index is 1.86. The largest absolute Gasteiger partial charge is 0.354 e. The second-order valence-corrected chi connectivity index (χ2v) is 6.91. The Kier molecular flexibility index (Phi) is 6.51. The number of nitrogens with one attached hydrogen (secondary N) is 2. The quantitative estimate of drug-likeness (QED) is 0.649. The second kappa shape index (κ2) is 8.39. The minimum absolute atomic E-state index is 0.384. The fourth-order valence-corrected chi connectivity index (χ4v) is 3.77. The van der Waals surface area contributed by atoms with E-state index in [0.717, 1.165) is 12.5 Å². The number of rotatable bonds is 5. The van der Waals surface area contributed by atoms with Crippen LogP contribution in [0, 0.1) is 0 Å². The molecular weight excluding hydrogens is 280 g/mol. The molecule has 0 saturated heterocycles. The molecule has 1 aromatic heterocycles. The lowest BCUT2D eigenvalue weighted by Crippen LogP contribution is -2.46. The van der Waals surface area contributed by atoms with Crippen LogP contribution in [0.1, 0.15) is 43.0 Å². The molecule has 0 aromatic carbocycles. The molecule has 1 aliphatic carbocycles. The van der Waals surface area contributed by atoms with E-state index in [0.29, 0.717) is 12.1 Å². The summed E-state index contributed by atoms with van der Waals surface area (Å²) in [6.07, 6.45) is 6.59. The van der Waals surface area contributed by atoms with Gasteiger partial charge in [0.2, 0.25) is 0 Å². The zero-order valence-electron chi connectivity index (χ0n) is 13.4. The summed E-state index contributed by atoms with van der Waals surface area (Å²) in [5.74, 6) is 0.935. The van der Waals surface area contributed by atoms with Crippen molar-refractivity contribution in [2.75, 3.05) is 27.7 Å². The van der Waals surface area contributed by atoms with Crippen molar-refractivity contribution in [1.29, 1.82) is 0 Å². The van der Waals surface area contributed by atoms with Crippen molar-refractivity contribution < 1.29 is 0 Å². The molecule has 21 heavy (non-hydrogen) atoms. The number of likely N-dealkylation sites (N-methyl/N-ethyl adjacent to an activating group) is 1. The van der Waals surface area contributed by atoms with Gasteiger partial charge in [0.15, 0.2) is 5.96 Å². The van der Waals surface area contributed by atoms with Crippen molar-refractivity contribution in [2.45, 2.75) is 44.2 Å². The van der Waals surface area contributed by atoms with E-state index in [4.69, 9.17) is 0 Å². The van der Waals surface area contributed by atoms with Gasteiger partial charge in [0.25, 0.3) is 0 Å². The van der Waals surface area contributed by atoms with Crippen molar-refractivity contribution in [3.05, 3.63) is 22.4 Å². The SMILES string of the molecule is CN=C(NCC(c1cccs1)N(C)C)NC1CCCCC1. The van der Waals surface area contributed by atoms with Crippen molar-refractivity contribution in [2.24, 2.45) is 4.99 Å². The molecule has 0 bridgehead atoms. The van der Waals surface area contributed by atoms with Crippen molar-refractivity contribution >= 4 is 17.3 Å². The Hall–Kier alpha value is -1.07. The molecule has 1 fully saturated rings. The minimum Gasteiger partial charge on any atom is -0.354 e.